The molecule has 2 aliphatic heterocycles. The van der Waals surface area contributed by atoms with E-state index in [0.29, 0.717) is 0 Å². The SMILES string of the molecule is N#Cc1cc(Cl)c(NC(=O)N2CCN3C(=O)N([C@H]4C[C@@H]4c4ccccc4)C(=O)C3C2)c(Cl)c1. The summed E-state index contributed by atoms with van der Waals surface area (Å²) in [7, 11) is 0. The number of imide groups is 1. The number of rotatable bonds is 3. The van der Waals surface area contributed by atoms with Crippen molar-refractivity contribution in [1.82, 2.24) is 14.7 Å². The number of carbonyl (C=O) groups excluding carboxylic acids is 3. The highest BCUT2D eigenvalue weighted by Gasteiger charge is 2.56. The fourth-order valence-corrected chi connectivity index (χ4v) is 5.16. The van der Waals surface area contributed by atoms with Gasteiger partial charge in [0.05, 0.1) is 33.9 Å². The monoisotopic (exact) mass is 483 g/mol. The van der Waals surface area contributed by atoms with Gasteiger partial charge >= 0.3 is 12.1 Å². The van der Waals surface area contributed by atoms with Crippen molar-refractivity contribution in [3.8, 4) is 6.07 Å². The molecule has 8 nitrogen and oxygen atoms in total. The second-order valence-electron chi connectivity index (χ2n) is 8.32. The molecule has 2 aromatic rings. The van der Waals surface area contributed by atoms with E-state index in [0.717, 1.165) is 12.0 Å². The molecule has 5 rings (SSSR count). The van der Waals surface area contributed by atoms with Crippen LogP contribution < -0.4 is 5.32 Å². The van der Waals surface area contributed by atoms with E-state index in [-0.39, 0.29) is 64.8 Å². The lowest BCUT2D eigenvalue weighted by Gasteiger charge is -2.35. The minimum Gasteiger partial charge on any atom is -0.320 e. The van der Waals surface area contributed by atoms with Gasteiger partial charge in [-0.05, 0) is 24.1 Å². The number of piperazine rings is 1. The zero-order chi connectivity index (χ0) is 23.3. The number of amides is 5. The molecule has 0 spiro atoms. The smallest absolute Gasteiger partial charge is 0.320 e. The Kier molecular flexibility index (Phi) is 5.39. The van der Waals surface area contributed by atoms with Gasteiger partial charge in [0.1, 0.15) is 6.04 Å². The standard InChI is InChI=1S/C23H19Cl2N5O3/c24-16-8-13(11-26)9-17(25)20(16)27-22(32)28-6-7-29-19(12-28)21(31)30(23(29)33)18-10-15(18)14-4-2-1-3-5-14/h1-5,8-9,15,18-19H,6-7,10,12H2,(H,27,32)/t15-,18+,19?/m1/s1. The van der Waals surface area contributed by atoms with E-state index in [4.69, 9.17) is 28.5 Å². The van der Waals surface area contributed by atoms with Crippen LogP contribution in [-0.2, 0) is 4.79 Å². The summed E-state index contributed by atoms with van der Waals surface area (Å²) in [6.07, 6.45) is 0.752. The average Bonchev–Trinajstić information content (AvgIpc) is 3.57. The van der Waals surface area contributed by atoms with Crippen molar-refractivity contribution in [2.24, 2.45) is 0 Å². The van der Waals surface area contributed by atoms with E-state index in [1.165, 1.54) is 21.9 Å². The molecule has 3 fully saturated rings. The Labute approximate surface area is 200 Å². The van der Waals surface area contributed by atoms with Gasteiger partial charge < -0.3 is 15.1 Å². The lowest BCUT2D eigenvalue weighted by atomic mass is 10.1. The Bertz CT molecular complexity index is 1180. The van der Waals surface area contributed by atoms with Crippen LogP contribution >= 0.6 is 23.2 Å². The predicted molar refractivity (Wildman–Crippen MR) is 122 cm³/mol. The number of nitriles is 1. The van der Waals surface area contributed by atoms with Crippen LogP contribution in [0.5, 0.6) is 0 Å². The summed E-state index contributed by atoms with van der Waals surface area (Å²) in [5, 5.41) is 12.0. The topological polar surface area (TPSA) is 96.8 Å². The van der Waals surface area contributed by atoms with Gasteiger partial charge in [-0.1, -0.05) is 53.5 Å². The van der Waals surface area contributed by atoms with Crippen molar-refractivity contribution >= 4 is 46.9 Å². The number of nitrogens with one attached hydrogen (secondary N) is 1. The average molecular weight is 484 g/mol. The lowest BCUT2D eigenvalue weighted by molar-refractivity contribution is -0.129. The van der Waals surface area contributed by atoms with Gasteiger partial charge in [-0.3, -0.25) is 9.69 Å². The highest BCUT2D eigenvalue weighted by atomic mass is 35.5. The van der Waals surface area contributed by atoms with Gasteiger partial charge in [0.25, 0.3) is 5.91 Å². The van der Waals surface area contributed by atoms with Crippen LogP contribution in [0.2, 0.25) is 10.0 Å². The molecule has 0 radical (unpaired) electrons. The quantitative estimate of drug-likeness (QED) is 0.669. The molecular formula is C23H19Cl2N5O3. The van der Waals surface area contributed by atoms with Crippen molar-refractivity contribution in [1.29, 1.82) is 5.26 Å². The van der Waals surface area contributed by atoms with Crippen LogP contribution in [0, 0.1) is 11.3 Å². The Morgan fingerprint density at radius 3 is 2.45 bits per heavy atom. The third-order valence-corrected chi connectivity index (χ3v) is 6.96. The molecule has 2 aromatic carbocycles. The number of nitrogens with zero attached hydrogens (tertiary/aromatic N) is 4. The number of benzene rings is 2. The number of anilines is 1. The maximum absolute atomic E-state index is 13.1. The first-order valence-electron chi connectivity index (χ1n) is 10.5. The molecule has 10 heteroatoms. The number of hydrogen-bond acceptors (Lipinski definition) is 4. The van der Waals surface area contributed by atoms with Crippen molar-refractivity contribution < 1.29 is 14.4 Å². The van der Waals surface area contributed by atoms with Gasteiger partial charge in [-0.25, -0.2) is 9.59 Å². The number of fused-ring (bicyclic) bond motifs is 1. The summed E-state index contributed by atoms with van der Waals surface area (Å²) < 4.78 is 0. The molecule has 1 saturated carbocycles. The molecular weight excluding hydrogens is 465 g/mol. The molecule has 1 N–H and O–H groups in total. The van der Waals surface area contributed by atoms with Crippen LogP contribution in [0.15, 0.2) is 42.5 Å². The van der Waals surface area contributed by atoms with Crippen molar-refractivity contribution in [2.45, 2.75) is 24.4 Å². The fraction of sp³-hybridized carbons (Fsp3) is 0.304. The van der Waals surface area contributed by atoms with Gasteiger partial charge in [0.15, 0.2) is 0 Å². The van der Waals surface area contributed by atoms with Crippen LogP contribution in [-0.4, -0.2) is 64.4 Å². The van der Waals surface area contributed by atoms with Gasteiger partial charge in [0.2, 0.25) is 0 Å². The first-order chi connectivity index (χ1) is 15.9. The van der Waals surface area contributed by atoms with Gasteiger partial charge in [-0.15, -0.1) is 0 Å². The van der Waals surface area contributed by atoms with Gasteiger partial charge in [-0.2, -0.15) is 5.26 Å². The van der Waals surface area contributed by atoms with Crippen LogP contribution in [0.4, 0.5) is 15.3 Å². The predicted octanol–water partition coefficient (Wildman–Crippen LogP) is 3.90. The Morgan fingerprint density at radius 2 is 1.79 bits per heavy atom. The van der Waals surface area contributed by atoms with Crippen LogP contribution in [0.1, 0.15) is 23.5 Å². The second kappa shape index (κ2) is 8.25. The molecule has 0 bridgehead atoms. The van der Waals surface area contributed by atoms with E-state index < -0.39 is 12.1 Å². The van der Waals surface area contributed by atoms with E-state index in [9.17, 15) is 14.4 Å². The summed E-state index contributed by atoms with van der Waals surface area (Å²) in [6.45, 7) is 0.616. The van der Waals surface area contributed by atoms with E-state index in [1.54, 1.807) is 4.90 Å². The number of urea groups is 2. The van der Waals surface area contributed by atoms with Crippen molar-refractivity contribution in [3.63, 3.8) is 0 Å². The first kappa shape index (κ1) is 21.6. The highest BCUT2D eigenvalue weighted by molar-refractivity contribution is 6.40. The molecule has 2 saturated heterocycles. The summed E-state index contributed by atoms with van der Waals surface area (Å²) in [5.74, 6) is -0.115. The molecule has 2 heterocycles. The van der Waals surface area contributed by atoms with Gasteiger partial charge in [0, 0.05) is 25.0 Å². The molecule has 3 atom stereocenters. The van der Waals surface area contributed by atoms with E-state index in [1.807, 2.05) is 36.4 Å². The fourth-order valence-electron chi connectivity index (χ4n) is 4.57. The van der Waals surface area contributed by atoms with Crippen molar-refractivity contribution in [3.05, 3.63) is 63.6 Å². The lowest BCUT2D eigenvalue weighted by Crippen LogP contribution is -2.55. The van der Waals surface area contributed by atoms with E-state index >= 15 is 0 Å². The minimum absolute atomic E-state index is 0.0845. The highest BCUT2D eigenvalue weighted by Crippen LogP contribution is 2.47. The molecule has 5 amide bonds. The third kappa shape index (κ3) is 3.77. The second-order valence-corrected chi connectivity index (χ2v) is 9.14. The summed E-state index contributed by atoms with van der Waals surface area (Å²) in [6, 6.07) is 13.0. The Morgan fingerprint density at radius 1 is 1.09 bits per heavy atom. The van der Waals surface area contributed by atoms with E-state index in [2.05, 4.69) is 5.32 Å². The largest absolute Gasteiger partial charge is 0.327 e. The number of carbonyl (C=O) groups is 3. The molecule has 0 aromatic heterocycles. The molecule has 168 valence electrons. The van der Waals surface area contributed by atoms with Crippen LogP contribution in [0.25, 0.3) is 0 Å². The molecule has 1 aliphatic carbocycles. The minimum atomic E-state index is -0.707. The first-order valence-corrected chi connectivity index (χ1v) is 11.3. The van der Waals surface area contributed by atoms with Crippen LogP contribution in [0.3, 0.4) is 0 Å². The zero-order valence-corrected chi connectivity index (χ0v) is 18.9. The summed E-state index contributed by atoms with van der Waals surface area (Å²) >= 11 is 12.3. The third-order valence-electron chi connectivity index (χ3n) is 6.36. The number of hydrogen-bond donors (Lipinski definition) is 1. The Hall–Kier alpha value is -3.28. The normalized spacial score (nSPS) is 23.9. The zero-order valence-electron chi connectivity index (χ0n) is 17.4. The molecule has 33 heavy (non-hydrogen) atoms. The van der Waals surface area contributed by atoms with Crippen molar-refractivity contribution in [2.75, 3.05) is 25.0 Å². The maximum atomic E-state index is 13.1. The summed E-state index contributed by atoms with van der Waals surface area (Å²) in [4.78, 5) is 43.4. The molecule has 1 unspecified atom stereocenters. The number of halogens is 2. The maximum Gasteiger partial charge on any atom is 0.327 e. The summed E-state index contributed by atoms with van der Waals surface area (Å²) in [5.41, 5.74) is 1.59. The molecule has 3 aliphatic rings. The Balaban J connectivity index is 1.28.